The molecule has 3 atom stereocenters. The van der Waals surface area contributed by atoms with Gasteiger partial charge in [0.1, 0.15) is 0 Å². The highest BCUT2D eigenvalue weighted by atomic mass is 16.3. The molecule has 1 aromatic carbocycles. The molecule has 34 heavy (non-hydrogen) atoms. The molecule has 0 saturated heterocycles. The minimum Gasteiger partial charge on any atom is -0.385 e. The Morgan fingerprint density at radius 2 is 1.94 bits per heavy atom. The number of benzene rings is 1. The highest BCUT2D eigenvalue weighted by molar-refractivity contribution is 5.87. The number of rotatable bonds is 13. The second-order valence-electron chi connectivity index (χ2n) is 7.75. The Morgan fingerprint density at radius 3 is 2.59 bits per heavy atom. The number of allylic oxidation sites excluding steroid dienone is 4. The van der Waals surface area contributed by atoms with E-state index in [1.165, 1.54) is 5.32 Å². The maximum atomic E-state index is 12.4. The van der Waals surface area contributed by atoms with E-state index in [4.69, 9.17) is 0 Å². The lowest BCUT2D eigenvalue weighted by molar-refractivity contribution is -0.573. The van der Waals surface area contributed by atoms with E-state index in [1.54, 1.807) is 17.8 Å². The molecule has 0 saturated carbocycles. The highest BCUT2D eigenvalue weighted by Gasteiger charge is 2.33. The monoisotopic (exact) mass is 468 g/mol. The number of hydrogen-bond donors (Lipinski definition) is 5. The summed E-state index contributed by atoms with van der Waals surface area (Å²) in [5.41, 5.74) is 2.42. The Hall–Kier alpha value is -3.53. The smallest absolute Gasteiger partial charge is 0.342 e. The zero-order valence-corrected chi connectivity index (χ0v) is 19.6. The van der Waals surface area contributed by atoms with Gasteiger partial charge in [-0.1, -0.05) is 36.9 Å². The van der Waals surface area contributed by atoms with E-state index >= 15 is 0 Å². The number of hydrogen-bond acceptors (Lipinski definition) is 6. The molecule has 0 bridgehead atoms. The molecule has 1 heterocycles. The van der Waals surface area contributed by atoms with Crippen molar-refractivity contribution in [1.29, 1.82) is 0 Å². The summed E-state index contributed by atoms with van der Waals surface area (Å²) in [7, 11) is 0. The van der Waals surface area contributed by atoms with Crippen LogP contribution in [-0.4, -0.2) is 57.1 Å². The Kier molecular flexibility index (Phi) is 10.9. The molecule has 0 aliphatic rings. The van der Waals surface area contributed by atoms with Crippen LogP contribution >= 0.6 is 0 Å². The fraction of sp³-hybridized carbons (Fsp3) is 0.320. The van der Waals surface area contributed by atoms with Gasteiger partial charge in [0.25, 0.3) is 5.91 Å². The number of carbonyl (C=O) groups excluding carboxylic acids is 2. The predicted molar refractivity (Wildman–Crippen MR) is 130 cm³/mol. The van der Waals surface area contributed by atoms with Crippen molar-refractivity contribution in [2.45, 2.75) is 38.5 Å². The van der Waals surface area contributed by atoms with Crippen LogP contribution in [0.1, 0.15) is 31.9 Å². The third-order valence-corrected chi connectivity index (χ3v) is 5.06. The molecule has 2 rings (SSSR count). The molecule has 1 aromatic heterocycles. The zero-order chi connectivity index (χ0) is 24.9. The van der Waals surface area contributed by atoms with E-state index in [0.29, 0.717) is 19.5 Å². The van der Waals surface area contributed by atoms with Gasteiger partial charge in [-0.15, -0.1) is 0 Å². The van der Waals surface area contributed by atoms with Crippen LogP contribution < -0.4 is 16.0 Å². The van der Waals surface area contributed by atoms with Crippen LogP contribution in [0.4, 0.5) is 0 Å². The van der Waals surface area contributed by atoms with Gasteiger partial charge in [0, 0.05) is 31.1 Å². The Morgan fingerprint density at radius 1 is 1.21 bits per heavy atom. The molecule has 0 fully saturated rings. The number of nitrogens with zero attached hydrogens (tertiary/aromatic N) is 2. The first-order chi connectivity index (χ1) is 16.3. The van der Waals surface area contributed by atoms with Crippen LogP contribution in [0.15, 0.2) is 79.3 Å². The number of quaternary nitrogens is 1. The quantitative estimate of drug-likeness (QED) is 0.215. The Bertz CT molecular complexity index is 983. The predicted octanol–water partition coefficient (Wildman–Crippen LogP) is 0.487. The van der Waals surface area contributed by atoms with Gasteiger partial charge in [-0.3, -0.25) is 10.1 Å². The molecule has 182 valence electrons. The molecule has 2 amide bonds. The van der Waals surface area contributed by atoms with Crippen molar-refractivity contribution < 1.29 is 25.1 Å². The number of aliphatic hydroxyl groups is 2. The number of amides is 2. The second kappa shape index (κ2) is 13.9. The zero-order valence-electron chi connectivity index (χ0n) is 19.6. The average molecular weight is 469 g/mol. The first-order valence-electron chi connectivity index (χ1n) is 11.2. The number of primary amides is 1. The second-order valence-corrected chi connectivity index (χ2v) is 7.75. The van der Waals surface area contributed by atoms with Crippen molar-refractivity contribution in [3.05, 3.63) is 84.9 Å². The standard InChI is InChI=1S/C25H33N5O4/c1-4-5-6-9-18(2)26-14-7-15-27-24(33)22(31)23(32)25(34)29-19(3)20-10-12-21(13-11-20)30-17-8-16-28-30/h4-6,8-13,16-17,19,22-23,26,31-32H,2,7,14-15H2,1,3H3,(H,27,33)(H,29,34)/p+1/b5-4-,9-6-/t19-,22-,23-/m1/s1. The molecule has 2 aromatic rings. The van der Waals surface area contributed by atoms with E-state index < -0.39 is 30.1 Å². The molecule has 0 aliphatic heterocycles. The van der Waals surface area contributed by atoms with Crippen molar-refractivity contribution in [2.24, 2.45) is 0 Å². The normalized spacial score (nSPS) is 14.1. The number of nitrogens with one attached hydrogen (secondary N) is 2. The van der Waals surface area contributed by atoms with Gasteiger partial charge in [-0.05, 0) is 43.7 Å². The number of aromatic nitrogens is 2. The van der Waals surface area contributed by atoms with Gasteiger partial charge in [-0.2, -0.15) is 5.10 Å². The third-order valence-electron chi connectivity index (χ3n) is 5.06. The van der Waals surface area contributed by atoms with Crippen molar-refractivity contribution >= 4 is 11.8 Å². The molecule has 0 radical (unpaired) electrons. The largest absolute Gasteiger partial charge is 0.385 e. The van der Waals surface area contributed by atoms with Crippen molar-refractivity contribution in [3.8, 4) is 5.69 Å². The van der Waals surface area contributed by atoms with Gasteiger partial charge in [0.2, 0.25) is 6.10 Å². The van der Waals surface area contributed by atoms with Gasteiger partial charge in [0.15, 0.2) is 6.10 Å². The molecule has 0 unspecified atom stereocenters. The van der Waals surface area contributed by atoms with E-state index in [0.717, 1.165) is 16.9 Å². The maximum absolute atomic E-state index is 12.4. The Labute approximate surface area is 199 Å². The summed E-state index contributed by atoms with van der Waals surface area (Å²) >= 11 is 0. The van der Waals surface area contributed by atoms with Crippen LogP contribution in [0.2, 0.25) is 0 Å². The summed E-state index contributed by atoms with van der Waals surface area (Å²) in [5.74, 6) is -1.51. The van der Waals surface area contributed by atoms with Gasteiger partial charge < -0.3 is 20.8 Å². The fourth-order valence-electron chi connectivity index (χ4n) is 3.08. The molecular weight excluding hydrogens is 434 g/mol. The number of aliphatic hydroxyl groups excluding tert-OH is 2. The maximum Gasteiger partial charge on any atom is 0.342 e. The first kappa shape index (κ1) is 26.7. The van der Waals surface area contributed by atoms with Crippen LogP contribution in [0, 0.1) is 0 Å². The molecule has 6 N–H and O–H groups in total. The Balaban J connectivity index is 1.74. The summed E-state index contributed by atoms with van der Waals surface area (Å²) < 4.78 is 1.71. The summed E-state index contributed by atoms with van der Waals surface area (Å²) in [6, 6.07) is 8.78. The molecular formula is C25H34N5O4+. The minimum absolute atomic E-state index is 0.391. The molecule has 0 spiro atoms. The lowest BCUT2D eigenvalue weighted by atomic mass is 10.1. The molecule has 9 nitrogen and oxygen atoms in total. The van der Waals surface area contributed by atoms with Gasteiger partial charge in [0.05, 0.1) is 18.3 Å². The lowest BCUT2D eigenvalue weighted by Gasteiger charge is -2.19. The lowest BCUT2D eigenvalue weighted by Crippen LogP contribution is -2.91. The van der Waals surface area contributed by atoms with Crippen LogP contribution in [0.5, 0.6) is 0 Å². The van der Waals surface area contributed by atoms with Crippen LogP contribution in [0.25, 0.3) is 5.69 Å². The topological polar surface area (TPSA) is 133 Å². The summed E-state index contributed by atoms with van der Waals surface area (Å²) in [6.45, 7) is 8.52. The highest BCUT2D eigenvalue weighted by Crippen LogP contribution is 2.15. The van der Waals surface area contributed by atoms with Crippen molar-refractivity contribution in [1.82, 2.24) is 20.4 Å². The van der Waals surface area contributed by atoms with Gasteiger partial charge in [-0.25, -0.2) is 9.48 Å². The third kappa shape index (κ3) is 8.43. The summed E-state index contributed by atoms with van der Waals surface area (Å²) in [6.07, 6.45) is 7.96. The van der Waals surface area contributed by atoms with E-state index in [9.17, 15) is 19.8 Å². The van der Waals surface area contributed by atoms with E-state index in [1.807, 2.05) is 67.8 Å². The molecule has 0 aliphatic carbocycles. The SMILES string of the molecule is C=C(/C=C\C=C/C)NCCC[NH2+]C(=O)[C@H](O)[C@@H](O)C(=O)N[C@H](C)c1ccc(-n2cccn2)cc1. The number of nitrogens with two attached hydrogens (primary N) is 1. The van der Waals surface area contributed by atoms with Crippen LogP contribution in [-0.2, 0) is 9.59 Å². The number of carbonyl (C=O) groups is 2. The average Bonchev–Trinajstić information content (AvgIpc) is 3.38. The molecule has 9 heteroatoms. The minimum atomic E-state index is -1.86. The van der Waals surface area contributed by atoms with Gasteiger partial charge >= 0.3 is 5.91 Å². The summed E-state index contributed by atoms with van der Waals surface area (Å²) in [4.78, 5) is 24.5. The fourth-order valence-corrected chi connectivity index (χ4v) is 3.08. The van der Waals surface area contributed by atoms with E-state index in [-0.39, 0.29) is 0 Å². The van der Waals surface area contributed by atoms with E-state index in [2.05, 4.69) is 22.3 Å². The first-order valence-corrected chi connectivity index (χ1v) is 11.2. The van der Waals surface area contributed by atoms with Crippen molar-refractivity contribution in [2.75, 3.05) is 13.1 Å². The summed E-state index contributed by atoms with van der Waals surface area (Å²) in [5, 5.41) is 31.4. The van der Waals surface area contributed by atoms with Crippen LogP contribution in [0.3, 0.4) is 0 Å². The van der Waals surface area contributed by atoms with Crippen molar-refractivity contribution in [3.63, 3.8) is 0 Å².